The summed E-state index contributed by atoms with van der Waals surface area (Å²) in [6.07, 6.45) is 5.33. The second kappa shape index (κ2) is 6.22. The minimum absolute atomic E-state index is 0.0528. The van der Waals surface area contributed by atoms with Crippen LogP contribution in [0.5, 0.6) is 5.88 Å². The van der Waals surface area contributed by atoms with Crippen molar-refractivity contribution in [3.05, 3.63) is 48.0 Å². The predicted octanol–water partition coefficient (Wildman–Crippen LogP) is 3.44. The molecular formula is C17H20N2O3. The van der Waals surface area contributed by atoms with Gasteiger partial charge in [0, 0.05) is 12.2 Å². The van der Waals surface area contributed by atoms with Gasteiger partial charge in [-0.25, -0.2) is 4.98 Å². The van der Waals surface area contributed by atoms with E-state index in [-0.39, 0.29) is 18.0 Å². The van der Waals surface area contributed by atoms with E-state index in [1.54, 1.807) is 24.6 Å². The zero-order chi connectivity index (χ0) is 15.5. The molecule has 2 heterocycles. The molecule has 0 N–H and O–H groups in total. The smallest absolute Gasteiger partial charge is 0.260 e. The Balaban J connectivity index is 1.90. The Morgan fingerprint density at radius 1 is 1.45 bits per heavy atom. The Bertz CT molecular complexity index is 635. The number of nitrogens with zero attached hydrogens (tertiary/aromatic N) is 2. The monoisotopic (exact) mass is 300 g/mol. The number of pyridine rings is 1. The van der Waals surface area contributed by atoms with Crippen LogP contribution in [0, 0.1) is 0 Å². The number of furan rings is 1. The molecule has 1 fully saturated rings. The van der Waals surface area contributed by atoms with E-state index in [0.29, 0.717) is 18.1 Å². The van der Waals surface area contributed by atoms with Gasteiger partial charge in [-0.2, -0.15) is 0 Å². The molecule has 1 saturated carbocycles. The second-order valence-corrected chi connectivity index (χ2v) is 5.42. The molecule has 116 valence electrons. The van der Waals surface area contributed by atoms with Crippen LogP contribution in [0.2, 0.25) is 0 Å². The van der Waals surface area contributed by atoms with Gasteiger partial charge in [-0.1, -0.05) is 0 Å². The SMILES string of the molecule is CCOc1ncccc1C(=O)N(C1CC1)C(C)c1ccco1. The summed E-state index contributed by atoms with van der Waals surface area (Å²) in [5.41, 5.74) is 0.509. The van der Waals surface area contributed by atoms with Crippen LogP contribution in [0.15, 0.2) is 41.1 Å². The molecule has 1 aliphatic rings. The minimum atomic E-state index is -0.107. The lowest BCUT2D eigenvalue weighted by Crippen LogP contribution is -2.35. The van der Waals surface area contributed by atoms with Crippen LogP contribution < -0.4 is 4.74 Å². The van der Waals surface area contributed by atoms with Gasteiger partial charge in [0.15, 0.2) is 0 Å². The van der Waals surface area contributed by atoms with Crippen molar-refractivity contribution in [1.29, 1.82) is 0 Å². The molecule has 0 spiro atoms. The number of aromatic nitrogens is 1. The highest BCUT2D eigenvalue weighted by Gasteiger charge is 2.38. The molecule has 2 aromatic heterocycles. The van der Waals surface area contributed by atoms with E-state index in [0.717, 1.165) is 18.6 Å². The maximum Gasteiger partial charge on any atom is 0.260 e. The van der Waals surface area contributed by atoms with Crippen molar-refractivity contribution in [2.24, 2.45) is 0 Å². The van der Waals surface area contributed by atoms with E-state index in [1.165, 1.54) is 0 Å². The zero-order valence-electron chi connectivity index (χ0n) is 12.9. The number of hydrogen-bond acceptors (Lipinski definition) is 4. The maximum atomic E-state index is 13.0. The topological polar surface area (TPSA) is 55.6 Å². The van der Waals surface area contributed by atoms with Crippen molar-refractivity contribution in [2.45, 2.75) is 38.8 Å². The lowest BCUT2D eigenvalue weighted by Gasteiger charge is -2.28. The minimum Gasteiger partial charge on any atom is -0.477 e. The standard InChI is InChI=1S/C17H20N2O3/c1-3-21-16-14(6-4-10-18-16)17(20)19(13-8-9-13)12(2)15-7-5-11-22-15/h4-7,10-13H,3,8-9H2,1-2H3. The molecule has 1 amide bonds. The van der Waals surface area contributed by atoms with Gasteiger partial charge in [0.2, 0.25) is 5.88 Å². The molecule has 5 heteroatoms. The zero-order valence-corrected chi connectivity index (χ0v) is 12.9. The molecule has 5 nitrogen and oxygen atoms in total. The lowest BCUT2D eigenvalue weighted by atomic mass is 10.1. The number of rotatable bonds is 6. The molecular weight excluding hydrogens is 280 g/mol. The van der Waals surface area contributed by atoms with Gasteiger partial charge in [-0.05, 0) is 51.0 Å². The van der Waals surface area contributed by atoms with Crippen LogP contribution in [0.25, 0.3) is 0 Å². The fourth-order valence-electron chi connectivity index (χ4n) is 2.62. The number of amides is 1. The largest absolute Gasteiger partial charge is 0.477 e. The molecule has 0 bridgehead atoms. The molecule has 0 aliphatic heterocycles. The fourth-order valence-corrected chi connectivity index (χ4v) is 2.62. The summed E-state index contributed by atoms with van der Waals surface area (Å²) in [5, 5.41) is 0. The van der Waals surface area contributed by atoms with Crippen LogP contribution in [-0.2, 0) is 0 Å². The van der Waals surface area contributed by atoms with Gasteiger partial charge in [-0.3, -0.25) is 4.79 Å². The highest BCUT2D eigenvalue weighted by molar-refractivity contribution is 5.97. The van der Waals surface area contributed by atoms with Gasteiger partial charge in [0.05, 0.1) is 18.9 Å². The van der Waals surface area contributed by atoms with E-state index < -0.39 is 0 Å². The van der Waals surface area contributed by atoms with Gasteiger partial charge < -0.3 is 14.1 Å². The number of carbonyl (C=O) groups excluding carboxylic acids is 1. The summed E-state index contributed by atoms with van der Waals surface area (Å²) in [4.78, 5) is 19.1. The molecule has 1 atom stereocenters. The molecule has 2 aromatic rings. The fraction of sp³-hybridized carbons (Fsp3) is 0.412. The number of carbonyl (C=O) groups is 1. The van der Waals surface area contributed by atoms with Gasteiger partial charge in [-0.15, -0.1) is 0 Å². The Kier molecular flexibility index (Phi) is 4.13. The summed E-state index contributed by atoms with van der Waals surface area (Å²) in [7, 11) is 0. The van der Waals surface area contributed by atoms with Crippen LogP contribution >= 0.6 is 0 Å². The van der Waals surface area contributed by atoms with E-state index in [9.17, 15) is 4.79 Å². The Hall–Kier alpha value is -2.30. The molecule has 0 saturated heterocycles. The van der Waals surface area contributed by atoms with Crippen molar-refractivity contribution in [3.63, 3.8) is 0 Å². The van der Waals surface area contributed by atoms with E-state index in [1.807, 2.05) is 30.9 Å². The number of hydrogen-bond donors (Lipinski definition) is 0. The predicted molar refractivity (Wildman–Crippen MR) is 81.7 cm³/mol. The summed E-state index contributed by atoms with van der Waals surface area (Å²) < 4.78 is 11.0. The van der Waals surface area contributed by atoms with Crippen molar-refractivity contribution >= 4 is 5.91 Å². The lowest BCUT2D eigenvalue weighted by molar-refractivity contribution is 0.0647. The second-order valence-electron chi connectivity index (χ2n) is 5.42. The summed E-state index contributed by atoms with van der Waals surface area (Å²) in [6, 6.07) is 7.44. The Morgan fingerprint density at radius 2 is 2.27 bits per heavy atom. The molecule has 1 unspecified atom stereocenters. The van der Waals surface area contributed by atoms with Crippen LogP contribution in [0.1, 0.15) is 48.8 Å². The highest BCUT2D eigenvalue weighted by Crippen LogP contribution is 2.36. The molecule has 1 aliphatic carbocycles. The van der Waals surface area contributed by atoms with Crippen LogP contribution in [0.3, 0.4) is 0 Å². The van der Waals surface area contributed by atoms with Crippen molar-refractivity contribution in [2.75, 3.05) is 6.61 Å². The quantitative estimate of drug-likeness (QED) is 0.820. The molecule has 22 heavy (non-hydrogen) atoms. The first-order valence-electron chi connectivity index (χ1n) is 7.66. The van der Waals surface area contributed by atoms with Crippen molar-refractivity contribution < 1.29 is 13.9 Å². The molecule has 0 radical (unpaired) electrons. The van der Waals surface area contributed by atoms with Gasteiger partial charge >= 0.3 is 0 Å². The average molecular weight is 300 g/mol. The highest BCUT2D eigenvalue weighted by atomic mass is 16.5. The third kappa shape index (κ3) is 2.84. The van der Waals surface area contributed by atoms with Gasteiger partial charge in [0.1, 0.15) is 11.3 Å². The van der Waals surface area contributed by atoms with Crippen molar-refractivity contribution in [3.8, 4) is 5.88 Å². The summed E-state index contributed by atoms with van der Waals surface area (Å²) >= 11 is 0. The van der Waals surface area contributed by atoms with Crippen LogP contribution in [0.4, 0.5) is 0 Å². The van der Waals surface area contributed by atoms with E-state index in [4.69, 9.17) is 9.15 Å². The first-order valence-corrected chi connectivity index (χ1v) is 7.66. The van der Waals surface area contributed by atoms with E-state index in [2.05, 4.69) is 4.98 Å². The Labute approximate surface area is 129 Å². The number of ether oxygens (including phenoxy) is 1. The van der Waals surface area contributed by atoms with Crippen LogP contribution in [-0.4, -0.2) is 28.4 Å². The summed E-state index contributed by atoms with van der Waals surface area (Å²) in [5.74, 6) is 1.14. The van der Waals surface area contributed by atoms with E-state index >= 15 is 0 Å². The third-order valence-electron chi connectivity index (χ3n) is 3.83. The normalized spacial score (nSPS) is 15.4. The average Bonchev–Trinajstić information content (AvgIpc) is 3.20. The third-order valence-corrected chi connectivity index (χ3v) is 3.83. The summed E-state index contributed by atoms with van der Waals surface area (Å²) in [6.45, 7) is 4.35. The van der Waals surface area contributed by atoms with Crippen molar-refractivity contribution in [1.82, 2.24) is 9.88 Å². The Morgan fingerprint density at radius 3 is 2.91 bits per heavy atom. The first-order chi connectivity index (χ1) is 10.7. The maximum absolute atomic E-state index is 13.0. The first kappa shape index (κ1) is 14.6. The van der Waals surface area contributed by atoms with Gasteiger partial charge in [0.25, 0.3) is 5.91 Å². The molecule has 0 aromatic carbocycles. The molecule has 3 rings (SSSR count).